The van der Waals surface area contributed by atoms with Crippen LogP contribution in [0, 0.1) is 5.41 Å². The van der Waals surface area contributed by atoms with E-state index in [2.05, 4.69) is 18.7 Å². The molecule has 1 saturated heterocycles. The van der Waals surface area contributed by atoms with Gasteiger partial charge in [0.2, 0.25) is 0 Å². The van der Waals surface area contributed by atoms with Gasteiger partial charge < -0.3 is 5.73 Å². The Morgan fingerprint density at radius 3 is 2.70 bits per heavy atom. The van der Waals surface area contributed by atoms with E-state index >= 15 is 0 Å². The number of hydrogen-bond acceptors (Lipinski definition) is 2. The van der Waals surface area contributed by atoms with E-state index in [-0.39, 0.29) is 0 Å². The highest BCUT2D eigenvalue weighted by molar-refractivity contribution is 8.00. The summed E-state index contributed by atoms with van der Waals surface area (Å²) >= 11 is 2.14. The molecule has 58 valence electrons. The second-order valence-corrected chi connectivity index (χ2v) is 5.13. The molecular formula is C8H15NS. The monoisotopic (exact) mass is 157 g/mol. The Hall–Kier alpha value is 0.310. The van der Waals surface area contributed by atoms with Crippen molar-refractivity contribution in [2.24, 2.45) is 11.1 Å². The first-order chi connectivity index (χ1) is 4.73. The molecule has 2 rings (SSSR count). The lowest BCUT2D eigenvalue weighted by molar-refractivity contribution is 0.503. The minimum atomic E-state index is 0.517. The third kappa shape index (κ3) is 0.892. The van der Waals surface area contributed by atoms with Crippen LogP contribution in [0.2, 0.25) is 0 Å². The molecule has 2 aliphatic rings. The van der Waals surface area contributed by atoms with Crippen molar-refractivity contribution < 1.29 is 0 Å². The van der Waals surface area contributed by atoms with Crippen LogP contribution in [0.3, 0.4) is 0 Å². The van der Waals surface area contributed by atoms with E-state index in [1.54, 1.807) is 0 Å². The van der Waals surface area contributed by atoms with Crippen molar-refractivity contribution in [2.45, 2.75) is 37.5 Å². The van der Waals surface area contributed by atoms with Gasteiger partial charge in [0.25, 0.3) is 0 Å². The van der Waals surface area contributed by atoms with Crippen molar-refractivity contribution in [3.8, 4) is 0 Å². The Morgan fingerprint density at radius 2 is 2.30 bits per heavy atom. The maximum absolute atomic E-state index is 5.87. The van der Waals surface area contributed by atoms with Gasteiger partial charge >= 0.3 is 0 Å². The van der Waals surface area contributed by atoms with Gasteiger partial charge in [-0.15, -0.1) is 0 Å². The highest BCUT2D eigenvalue weighted by Gasteiger charge is 2.53. The summed E-state index contributed by atoms with van der Waals surface area (Å²) in [7, 11) is 0. The zero-order chi connectivity index (χ0) is 7.19. The maximum atomic E-state index is 5.87. The summed E-state index contributed by atoms with van der Waals surface area (Å²) in [5, 5.41) is 0.891. The van der Waals surface area contributed by atoms with Crippen LogP contribution in [-0.4, -0.2) is 17.0 Å². The summed E-state index contributed by atoms with van der Waals surface area (Å²) in [5.74, 6) is 1.37. The molecular weight excluding hydrogens is 142 g/mol. The van der Waals surface area contributed by atoms with Crippen LogP contribution >= 0.6 is 11.8 Å². The smallest absolute Gasteiger partial charge is 0.0116 e. The molecule has 0 radical (unpaired) electrons. The summed E-state index contributed by atoms with van der Waals surface area (Å²) in [6.07, 6.45) is 4.09. The fraction of sp³-hybridized carbons (Fsp3) is 1.00. The largest absolute Gasteiger partial charge is 0.327 e. The van der Waals surface area contributed by atoms with E-state index in [0.29, 0.717) is 11.5 Å². The van der Waals surface area contributed by atoms with E-state index in [1.165, 1.54) is 25.0 Å². The molecule has 1 heterocycles. The zero-order valence-corrected chi connectivity index (χ0v) is 7.29. The van der Waals surface area contributed by atoms with Crippen molar-refractivity contribution in [3.63, 3.8) is 0 Å². The fourth-order valence-corrected chi connectivity index (χ4v) is 3.49. The Bertz CT molecular complexity index is 142. The standard InChI is InChI=1S/C8H15NS/c1-8(5-6(8)9)7-3-2-4-10-7/h6-7H,2-5,9H2,1H3. The van der Waals surface area contributed by atoms with E-state index in [4.69, 9.17) is 5.73 Å². The lowest BCUT2D eigenvalue weighted by atomic mass is 10.0. The molecule has 2 heteroatoms. The van der Waals surface area contributed by atoms with Crippen molar-refractivity contribution in [1.82, 2.24) is 0 Å². The molecule has 1 aliphatic heterocycles. The van der Waals surface area contributed by atoms with Crippen LogP contribution in [0.25, 0.3) is 0 Å². The van der Waals surface area contributed by atoms with Gasteiger partial charge in [0, 0.05) is 11.3 Å². The predicted octanol–water partition coefficient (Wildman–Crippen LogP) is 1.62. The van der Waals surface area contributed by atoms with Crippen LogP contribution in [0.5, 0.6) is 0 Å². The van der Waals surface area contributed by atoms with E-state index in [1.807, 2.05) is 0 Å². The van der Waals surface area contributed by atoms with Gasteiger partial charge in [-0.25, -0.2) is 0 Å². The fourth-order valence-electron chi connectivity index (χ4n) is 1.88. The third-order valence-electron chi connectivity index (χ3n) is 3.01. The molecule has 1 nitrogen and oxygen atoms in total. The molecule has 10 heavy (non-hydrogen) atoms. The molecule has 2 fully saturated rings. The molecule has 1 aliphatic carbocycles. The molecule has 0 aromatic heterocycles. The number of thioether (sulfide) groups is 1. The van der Waals surface area contributed by atoms with Crippen LogP contribution < -0.4 is 5.73 Å². The number of hydrogen-bond donors (Lipinski definition) is 1. The summed E-state index contributed by atoms with van der Waals surface area (Å²) in [6, 6.07) is 0.517. The molecule has 1 saturated carbocycles. The zero-order valence-electron chi connectivity index (χ0n) is 6.47. The van der Waals surface area contributed by atoms with E-state index < -0.39 is 0 Å². The summed E-state index contributed by atoms with van der Waals surface area (Å²) in [4.78, 5) is 0. The summed E-state index contributed by atoms with van der Waals surface area (Å²) < 4.78 is 0. The quantitative estimate of drug-likeness (QED) is 0.626. The van der Waals surface area contributed by atoms with E-state index in [0.717, 1.165) is 5.25 Å². The van der Waals surface area contributed by atoms with Crippen LogP contribution in [-0.2, 0) is 0 Å². The van der Waals surface area contributed by atoms with Gasteiger partial charge in [-0.1, -0.05) is 6.92 Å². The van der Waals surface area contributed by atoms with Gasteiger partial charge in [0.1, 0.15) is 0 Å². The molecule has 3 unspecified atom stereocenters. The number of nitrogens with two attached hydrogens (primary N) is 1. The van der Waals surface area contributed by atoms with Crippen LogP contribution in [0.1, 0.15) is 26.2 Å². The first-order valence-electron chi connectivity index (χ1n) is 4.11. The minimum absolute atomic E-state index is 0.517. The van der Waals surface area contributed by atoms with Crippen molar-refractivity contribution in [2.75, 3.05) is 5.75 Å². The maximum Gasteiger partial charge on any atom is 0.0116 e. The SMILES string of the molecule is CC1(C2CCCS2)CC1N. The summed E-state index contributed by atoms with van der Waals surface area (Å²) in [5.41, 5.74) is 6.40. The lowest BCUT2D eigenvalue weighted by Gasteiger charge is -2.16. The molecule has 0 aromatic carbocycles. The molecule has 2 N–H and O–H groups in total. The van der Waals surface area contributed by atoms with E-state index in [9.17, 15) is 0 Å². The van der Waals surface area contributed by atoms with Gasteiger partial charge in [-0.05, 0) is 30.4 Å². The molecule has 3 atom stereocenters. The van der Waals surface area contributed by atoms with Gasteiger partial charge in [0.05, 0.1) is 0 Å². The molecule has 0 aromatic rings. The van der Waals surface area contributed by atoms with Gasteiger partial charge in [-0.3, -0.25) is 0 Å². The van der Waals surface area contributed by atoms with Gasteiger partial charge in [-0.2, -0.15) is 11.8 Å². The Morgan fingerprint density at radius 1 is 1.60 bits per heavy atom. The topological polar surface area (TPSA) is 26.0 Å². The Labute approximate surface area is 66.7 Å². The average molecular weight is 157 g/mol. The van der Waals surface area contributed by atoms with Crippen LogP contribution in [0.4, 0.5) is 0 Å². The second kappa shape index (κ2) is 2.15. The average Bonchev–Trinajstić information content (AvgIpc) is 2.35. The predicted molar refractivity (Wildman–Crippen MR) is 46.2 cm³/mol. The summed E-state index contributed by atoms with van der Waals surface area (Å²) in [6.45, 7) is 2.35. The Kier molecular flexibility index (Phi) is 1.50. The number of rotatable bonds is 1. The molecule has 0 spiro atoms. The molecule has 0 bridgehead atoms. The minimum Gasteiger partial charge on any atom is -0.327 e. The third-order valence-corrected chi connectivity index (χ3v) is 4.71. The second-order valence-electron chi connectivity index (χ2n) is 3.82. The van der Waals surface area contributed by atoms with Crippen molar-refractivity contribution in [1.29, 1.82) is 0 Å². The van der Waals surface area contributed by atoms with Crippen LogP contribution in [0.15, 0.2) is 0 Å². The lowest BCUT2D eigenvalue weighted by Crippen LogP contribution is -2.20. The normalized spacial score (nSPS) is 53.4. The van der Waals surface area contributed by atoms with Crippen molar-refractivity contribution >= 4 is 11.8 Å². The highest BCUT2D eigenvalue weighted by atomic mass is 32.2. The first-order valence-corrected chi connectivity index (χ1v) is 5.15. The van der Waals surface area contributed by atoms with Crippen molar-refractivity contribution in [3.05, 3.63) is 0 Å². The molecule has 0 amide bonds. The highest BCUT2D eigenvalue weighted by Crippen LogP contribution is 2.54. The Balaban J connectivity index is 1.99. The van der Waals surface area contributed by atoms with Gasteiger partial charge in [0.15, 0.2) is 0 Å². The first kappa shape index (κ1) is 6.99.